The number of likely N-dealkylation sites (N-methyl/N-ethyl adjacent to an activating group) is 2. The maximum atomic E-state index is 13.1. The molecule has 4 aliphatic rings. The fourth-order valence-corrected chi connectivity index (χ4v) is 11.2. The Hall–Kier alpha value is -4.43. The van der Waals surface area contributed by atoms with Gasteiger partial charge in [-0.25, -0.2) is 9.48 Å². The van der Waals surface area contributed by atoms with Gasteiger partial charge < -0.3 is 69.1 Å². The van der Waals surface area contributed by atoms with E-state index in [1.807, 2.05) is 77.0 Å². The van der Waals surface area contributed by atoms with Crippen LogP contribution in [-0.4, -0.2) is 182 Å². The average Bonchev–Trinajstić information content (AvgIpc) is 3.98. The Kier molecular flexibility index (Phi) is 20.2. The SMILES string of the molecule is C=C1OC(C#CC)[C@@](C)(O)[C@H](O)[C@@H](C)N(C)CCC[C@@](C)(O)[C@H](O[C@H]2C[C@@H](N(C)CCc3cn(C[C@H]4CN(c5cccc(=C)/c5=C\C=C/N)C(=O)O4)nn3)C[C@@H](C)O2)[C@@H](C)[C@H](O[C@H]2C[C@@](C)(OC)[C@@H](O)[C@H](C)O2)[C@H]1C. The third-order valence-electron chi connectivity index (χ3n) is 16.2. The highest BCUT2D eigenvalue weighted by Gasteiger charge is 2.51. The van der Waals surface area contributed by atoms with Crippen LogP contribution < -0.4 is 21.1 Å². The fraction of sp³-hybridized carbons (Fsp3) is 0.696. The summed E-state index contributed by atoms with van der Waals surface area (Å²) in [5.74, 6) is 4.87. The number of aliphatic hydroxyl groups is 4. The Morgan fingerprint density at radius 2 is 1.76 bits per heavy atom. The largest absolute Gasteiger partial charge is 0.479 e. The normalized spacial score (nSPS) is 38.2. The van der Waals surface area contributed by atoms with Crippen LogP contribution in [0.5, 0.6) is 0 Å². The standard InChI is InChI=1S/C56H87N7O12/c1-15-19-46-56(11,68)50(64)38(6)60(12)26-18-24-54(9,67)52(37(5)49(36(4)39(7)71-46)74-48-30-55(10,69-14)51(65)40(8)72-48)75-47-29-42(28-35(3)70-47)61(13)27-23-41-31-62(59-58-41)32-43-33-63(53(66)73-43)45-22-16-20-34(2)44(45)21-17-25-57/h16-17,20-22,25,31,35-38,40,42-43,46-52,64-65,67-68H,2,7,18,23-24,26-30,32-33,57H2,1,3-6,8-14H3/b25-17-,44-21+/t35-,36+,37+,38-,40+,42+,43+,46?,47+,48+,49-,50-,51+,52-,54-,55-,56-/m1/s1. The molecular weight excluding hydrogens is 963 g/mol. The third-order valence-corrected chi connectivity index (χ3v) is 16.2. The Labute approximate surface area is 444 Å². The van der Waals surface area contributed by atoms with Gasteiger partial charge in [0, 0.05) is 68.3 Å². The fourth-order valence-electron chi connectivity index (χ4n) is 11.2. The Bertz CT molecular complexity index is 2440. The van der Waals surface area contributed by atoms with Crippen LogP contribution in [0, 0.1) is 23.7 Å². The van der Waals surface area contributed by atoms with Gasteiger partial charge in [0.15, 0.2) is 18.7 Å². The maximum absolute atomic E-state index is 13.1. The van der Waals surface area contributed by atoms with E-state index in [1.165, 1.54) is 13.1 Å². The second-order valence-corrected chi connectivity index (χ2v) is 22.1. The topological polar surface area (TPSA) is 229 Å². The van der Waals surface area contributed by atoms with E-state index in [0.717, 1.165) is 22.6 Å². The number of methoxy groups -OCH3 is 1. The molecule has 4 saturated heterocycles. The van der Waals surface area contributed by atoms with Crippen molar-refractivity contribution in [3.63, 3.8) is 0 Å². The number of benzene rings is 1. The molecule has 4 aliphatic heterocycles. The van der Waals surface area contributed by atoms with E-state index in [9.17, 15) is 25.2 Å². The average molecular weight is 1050 g/mol. The molecule has 4 fully saturated rings. The molecule has 1 amide bonds. The van der Waals surface area contributed by atoms with Crippen LogP contribution in [0.15, 0.2) is 49.0 Å². The Morgan fingerprint density at radius 3 is 2.45 bits per heavy atom. The Morgan fingerprint density at radius 1 is 1.03 bits per heavy atom. The van der Waals surface area contributed by atoms with Crippen molar-refractivity contribution in [1.29, 1.82) is 0 Å². The number of amides is 1. The molecule has 75 heavy (non-hydrogen) atoms. The number of allylic oxidation sites excluding steroid dienone is 1. The molecule has 6 rings (SSSR count). The zero-order valence-electron chi connectivity index (χ0n) is 46.4. The van der Waals surface area contributed by atoms with E-state index in [4.69, 9.17) is 38.9 Å². The molecule has 2 aromatic rings. The van der Waals surface area contributed by atoms with Crippen molar-refractivity contribution in [3.8, 4) is 11.8 Å². The molecule has 0 aliphatic carbocycles. The lowest BCUT2D eigenvalue weighted by Gasteiger charge is -2.48. The molecule has 1 unspecified atom stereocenters. The van der Waals surface area contributed by atoms with Crippen molar-refractivity contribution in [2.45, 2.75) is 198 Å². The lowest BCUT2D eigenvalue weighted by Crippen LogP contribution is -2.58. The summed E-state index contributed by atoms with van der Waals surface area (Å²) in [5.41, 5.74) is 2.82. The van der Waals surface area contributed by atoms with Gasteiger partial charge in [-0.3, -0.25) is 4.90 Å². The van der Waals surface area contributed by atoms with Crippen LogP contribution in [0.1, 0.15) is 100 Å². The van der Waals surface area contributed by atoms with E-state index in [-0.39, 0.29) is 24.3 Å². The van der Waals surface area contributed by atoms with Crippen molar-refractivity contribution in [3.05, 3.63) is 65.1 Å². The van der Waals surface area contributed by atoms with Crippen LogP contribution in [0.4, 0.5) is 10.5 Å². The molecule has 0 spiro atoms. The van der Waals surface area contributed by atoms with Crippen LogP contribution in [0.3, 0.4) is 0 Å². The van der Waals surface area contributed by atoms with E-state index in [2.05, 4.69) is 47.3 Å². The lowest BCUT2D eigenvalue weighted by atomic mass is 9.79. The zero-order chi connectivity index (χ0) is 55.2. The van der Waals surface area contributed by atoms with Crippen molar-refractivity contribution in [1.82, 2.24) is 24.8 Å². The molecule has 19 heteroatoms. The second kappa shape index (κ2) is 25.4. The van der Waals surface area contributed by atoms with E-state index in [1.54, 1.807) is 43.5 Å². The summed E-state index contributed by atoms with van der Waals surface area (Å²) in [5, 5.41) is 58.0. The first-order valence-corrected chi connectivity index (χ1v) is 26.5. The highest BCUT2D eigenvalue weighted by Crippen LogP contribution is 2.41. The molecule has 5 heterocycles. The van der Waals surface area contributed by atoms with Crippen LogP contribution >= 0.6 is 0 Å². The molecule has 0 radical (unpaired) electrons. The van der Waals surface area contributed by atoms with Gasteiger partial charge >= 0.3 is 6.09 Å². The van der Waals surface area contributed by atoms with Gasteiger partial charge in [-0.15, -0.1) is 11.0 Å². The molecule has 418 valence electrons. The number of rotatable bonds is 13. The molecule has 0 bridgehead atoms. The van der Waals surface area contributed by atoms with Crippen molar-refractivity contribution in [2.24, 2.45) is 17.6 Å². The van der Waals surface area contributed by atoms with Crippen LogP contribution in [-0.2, 0) is 46.1 Å². The first kappa shape index (κ1) is 59.8. The minimum Gasteiger partial charge on any atom is -0.479 e. The van der Waals surface area contributed by atoms with Crippen LogP contribution in [0.25, 0.3) is 12.7 Å². The number of ether oxygens (including phenoxy) is 7. The van der Waals surface area contributed by atoms with Gasteiger partial charge in [0.1, 0.15) is 23.9 Å². The van der Waals surface area contributed by atoms with Gasteiger partial charge in [-0.05, 0) is 112 Å². The minimum absolute atomic E-state index is 0.0416. The van der Waals surface area contributed by atoms with E-state index < -0.39 is 96.1 Å². The van der Waals surface area contributed by atoms with E-state index in [0.29, 0.717) is 57.5 Å². The number of aliphatic hydroxyl groups excluding tert-OH is 2. The highest BCUT2D eigenvalue weighted by molar-refractivity contribution is 5.90. The minimum atomic E-state index is -1.82. The predicted octanol–water partition coefficient (Wildman–Crippen LogP) is 3.18. The molecule has 1 aromatic heterocycles. The number of nitrogens with two attached hydrogens (primary N) is 1. The summed E-state index contributed by atoms with van der Waals surface area (Å²) in [6.07, 6.45) is 1.39. The molecule has 1 aromatic carbocycles. The maximum Gasteiger partial charge on any atom is 0.414 e. The number of carbonyl (C=O) groups is 1. The summed E-state index contributed by atoms with van der Waals surface area (Å²) in [6.45, 7) is 26.5. The zero-order valence-corrected chi connectivity index (χ0v) is 46.4. The second-order valence-electron chi connectivity index (χ2n) is 22.1. The summed E-state index contributed by atoms with van der Waals surface area (Å²) in [6, 6.07) is 5.11. The number of carbonyl (C=O) groups excluding carboxylic acids is 1. The third kappa shape index (κ3) is 14.2. The predicted molar refractivity (Wildman–Crippen MR) is 285 cm³/mol. The van der Waals surface area contributed by atoms with Crippen molar-refractivity contribution in [2.75, 3.05) is 45.7 Å². The van der Waals surface area contributed by atoms with Gasteiger partial charge in [0.25, 0.3) is 0 Å². The molecule has 17 atom stereocenters. The van der Waals surface area contributed by atoms with Crippen LogP contribution in [0.2, 0.25) is 0 Å². The van der Waals surface area contributed by atoms with Gasteiger partial charge in [-0.2, -0.15) is 0 Å². The van der Waals surface area contributed by atoms with E-state index >= 15 is 0 Å². The first-order chi connectivity index (χ1) is 35.3. The molecule has 19 nitrogen and oxygen atoms in total. The number of anilines is 1. The van der Waals surface area contributed by atoms with Gasteiger partial charge in [-0.1, -0.05) is 56.3 Å². The number of cyclic esters (lactones) is 1. The summed E-state index contributed by atoms with van der Waals surface area (Å²) in [4.78, 5) is 18.9. The number of hydrogen-bond donors (Lipinski definition) is 5. The Balaban J connectivity index is 1.20. The molecule has 6 N–H and O–H groups in total. The molecular formula is C56H87N7O12. The highest BCUT2D eigenvalue weighted by atomic mass is 16.7. The quantitative estimate of drug-likeness (QED) is 0.182. The lowest BCUT2D eigenvalue weighted by molar-refractivity contribution is -0.308. The number of aromatic nitrogens is 3. The number of nitrogens with zero attached hydrogens (tertiary/aromatic N) is 6. The van der Waals surface area contributed by atoms with Crippen molar-refractivity contribution < 1.29 is 58.4 Å². The summed E-state index contributed by atoms with van der Waals surface area (Å²) in [7, 11) is 5.50. The van der Waals surface area contributed by atoms with Gasteiger partial charge in [0.05, 0.1) is 65.8 Å². The monoisotopic (exact) mass is 1050 g/mol. The number of hydrogen-bond acceptors (Lipinski definition) is 17. The first-order valence-electron chi connectivity index (χ1n) is 26.5. The molecule has 0 saturated carbocycles. The van der Waals surface area contributed by atoms with Crippen molar-refractivity contribution >= 4 is 24.4 Å². The smallest absolute Gasteiger partial charge is 0.414 e. The van der Waals surface area contributed by atoms with Gasteiger partial charge in [0.2, 0.25) is 0 Å². The summed E-state index contributed by atoms with van der Waals surface area (Å²) >= 11 is 0. The summed E-state index contributed by atoms with van der Waals surface area (Å²) < 4.78 is 46.8.